The Hall–Kier alpha value is -3.34. The first kappa shape index (κ1) is 26.3. The van der Waals surface area contributed by atoms with Crippen LogP contribution >= 0.6 is 23.2 Å². The van der Waals surface area contributed by atoms with E-state index in [1.807, 2.05) is 0 Å². The van der Waals surface area contributed by atoms with Gasteiger partial charge in [0.05, 0.1) is 42.0 Å². The highest BCUT2D eigenvalue weighted by Gasteiger charge is 2.40. The van der Waals surface area contributed by atoms with Crippen molar-refractivity contribution in [2.45, 2.75) is 37.8 Å². The standard InChI is InChI=1S/C17H15ClN4O2.C9H12ClN3O/c18-14-9-19-10-15(20-14)21-7-5-11(6-8-21)22-16(23)12-3-1-2-4-13(12)17(22)24;10-8-5-11-6-9(12-8)13-3-1-7(14)2-4-13/h1-4,9-11H,5-8H2;5-7,14H,1-4H2. The number of nitrogens with zero attached hydrogens (tertiary/aromatic N) is 7. The van der Waals surface area contributed by atoms with E-state index in [-0.39, 0.29) is 24.0 Å². The van der Waals surface area contributed by atoms with Crippen LogP contribution in [0.5, 0.6) is 0 Å². The van der Waals surface area contributed by atoms with Crippen molar-refractivity contribution in [3.63, 3.8) is 0 Å². The van der Waals surface area contributed by atoms with E-state index in [1.54, 1.807) is 36.7 Å². The minimum Gasteiger partial charge on any atom is -0.393 e. The molecule has 1 aromatic carbocycles. The largest absolute Gasteiger partial charge is 0.393 e. The molecular weight excluding hydrogens is 529 g/mol. The molecule has 0 atom stereocenters. The SMILES string of the molecule is O=C1c2ccccc2C(=O)N1C1CCN(c2cncc(Cl)n2)CC1.OC1CCN(c2cncc(Cl)n2)CC1. The van der Waals surface area contributed by atoms with E-state index < -0.39 is 0 Å². The van der Waals surface area contributed by atoms with Gasteiger partial charge in [0.1, 0.15) is 21.9 Å². The summed E-state index contributed by atoms with van der Waals surface area (Å²) in [6.45, 7) is 3.03. The highest BCUT2D eigenvalue weighted by Crippen LogP contribution is 2.29. The summed E-state index contributed by atoms with van der Waals surface area (Å²) in [4.78, 5) is 47.2. The molecule has 0 bridgehead atoms. The fraction of sp³-hybridized carbons (Fsp3) is 0.385. The summed E-state index contributed by atoms with van der Waals surface area (Å²) in [5.74, 6) is 1.15. The second-order valence-electron chi connectivity index (χ2n) is 9.36. The smallest absolute Gasteiger partial charge is 0.261 e. The maximum Gasteiger partial charge on any atom is 0.261 e. The van der Waals surface area contributed by atoms with Crippen LogP contribution in [0.15, 0.2) is 49.1 Å². The third-order valence-corrected chi connectivity index (χ3v) is 7.32. The number of aromatic nitrogens is 4. The summed E-state index contributed by atoms with van der Waals surface area (Å²) < 4.78 is 0. The summed E-state index contributed by atoms with van der Waals surface area (Å²) in [6, 6.07) is 6.92. The van der Waals surface area contributed by atoms with E-state index in [9.17, 15) is 14.7 Å². The van der Waals surface area contributed by atoms with Gasteiger partial charge in [-0.25, -0.2) is 9.97 Å². The minimum absolute atomic E-state index is 0.0826. The molecule has 1 N–H and O–H groups in total. The van der Waals surface area contributed by atoms with Crippen molar-refractivity contribution in [2.24, 2.45) is 0 Å². The summed E-state index contributed by atoms with van der Waals surface area (Å²) in [5, 5.41) is 10.1. The topological polar surface area (TPSA) is 116 Å². The minimum atomic E-state index is -0.184. The first-order chi connectivity index (χ1) is 18.4. The average molecular weight is 556 g/mol. The van der Waals surface area contributed by atoms with E-state index >= 15 is 0 Å². The van der Waals surface area contributed by atoms with Crippen molar-refractivity contribution < 1.29 is 14.7 Å². The molecule has 0 spiro atoms. The maximum atomic E-state index is 12.6. The lowest BCUT2D eigenvalue weighted by molar-refractivity contribution is 0.0561. The van der Waals surface area contributed by atoms with Crippen LogP contribution in [-0.4, -0.2) is 80.1 Å². The number of anilines is 2. The fourth-order valence-electron chi connectivity index (χ4n) is 4.96. The van der Waals surface area contributed by atoms with Crippen LogP contribution in [0.2, 0.25) is 10.3 Å². The first-order valence-electron chi connectivity index (χ1n) is 12.5. The number of hydrogen-bond donors (Lipinski definition) is 1. The Bertz CT molecular complexity index is 1280. The number of halogens is 2. The molecule has 0 radical (unpaired) electrons. The number of amides is 2. The quantitative estimate of drug-likeness (QED) is 0.484. The number of aliphatic hydroxyl groups excluding tert-OH is 1. The van der Waals surface area contributed by atoms with Gasteiger partial charge >= 0.3 is 0 Å². The third kappa shape index (κ3) is 5.72. The zero-order valence-corrected chi connectivity index (χ0v) is 22.1. The molecule has 0 unspecified atom stereocenters. The fourth-order valence-corrected chi connectivity index (χ4v) is 5.24. The van der Waals surface area contributed by atoms with Gasteiger partial charge in [-0.3, -0.25) is 24.5 Å². The number of fused-ring (bicyclic) bond motifs is 1. The predicted molar refractivity (Wildman–Crippen MR) is 144 cm³/mol. The molecule has 2 aromatic heterocycles. The van der Waals surface area contributed by atoms with Crippen molar-refractivity contribution in [1.29, 1.82) is 0 Å². The van der Waals surface area contributed by atoms with Crippen LogP contribution in [0.4, 0.5) is 11.6 Å². The molecule has 12 heteroatoms. The first-order valence-corrected chi connectivity index (χ1v) is 13.3. The summed E-state index contributed by atoms with van der Waals surface area (Å²) in [5.41, 5.74) is 1.01. The molecule has 3 aliphatic heterocycles. The van der Waals surface area contributed by atoms with E-state index in [0.717, 1.165) is 37.6 Å². The van der Waals surface area contributed by atoms with Crippen molar-refractivity contribution in [1.82, 2.24) is 24.8 Å². The van der Waals surface area contributed by atoms with Crippen LogP contribution in [0, 0.1) is 0 Å². The van der Waals surface area contributed by atoms with Crippen LogP contribution < -0.4 is 9.80 Å². The molecule has 5 heterocycles. The molecule has 198 valence electrons. The predicted octanol–water partition coefficient (Wildman–Crippen LogP) is 3.49. The van der Waals surface area contributed by atoms with Crippen molar-refractivity contribution in [2.75, 3.05) is 36.0 Å². The molecule has 2 amide bonds. The zero-order valence-electron chi connectivity index (χ0n) is 20.6. The van der Waals surface area contributed by atoms with Gasteiger partial charge in [-0.1, -0.05) is 35.3 Å². The van der Waals surface area contributed by atoms with Gasteiger partial charge in [0.2, 0.25) is 0 Å². The monoisotopic (exact) mass is 555 g/mol. The Balaban J connectivity index is 0.000000179. The molecule has 0 aliphatic carbocycles. The highest BCUT2D eigenvalue weighted by molar-refractivity contribution is 6.29. The van der Waals surface area contributed by atoms with E-state index in [4.69, 9.17) is 23.2 Å². The van der Waals surface area contributed by atoms with E-state index in [1.165, 1.54) is 17.3 Å². The number of carbonyl (C=O) groups is 2. The number of carbonyl (C=O) groups excluding carboxylic acids is 2. The molecule has 38 heavy (non-hydrogen) atoms. The second-order valence-corrected chi connectivity index (χ2v) is 10.1. The number of rotatable bonds is 3. The van der Waals surface area contributed by atoms with Gasteiger partial charge in [0.25, 0.3) is 11.8 Å². The van der Waals surface area contributed by atoms with Crippen molar-refractivity contribution in [3.05, 3.63) is 70.5 Å². The molecule has 6 rings (SSSR count). The van der Waals surface area contributed by atoms with Crippen LogP contribution in [-0.2, 0) is 0 Å². The zero-order chi connectivity index (χ0) is 26.6. The number of hydrogen-bond acceptors (Lipinski definition) is 9. The van der Waals surface area contributed by atoms with Crippen LogP contribution in [0.3, 0.4) is 0 Å². The summed E-state index contributed by atoms with van der Waals surface area (Å²) in [6.07, 6.45) is 9.21. The van der Waals surface area contributed by atoms with Gasteiger partial charge in [0.15, 0.2) is 0 Å². The summed E-state index contributed by atoms with van der Waals surface area (Å²) >= 11 is 11.6. The van der Waals surface area contributed by atoms with Gasteiger partial charge in [-0.2, -0.15) is 0 Å². The number of piperidine rings is 2. The molecule has 10 nitrogen and oxygen atoms in total. The number of benzene rings is 1. The molecule has 2 fully saturated rings. The summed E-state index contributed by atoms with van der Waals surface area (Å²) in [7, 11) is 0. The Kier molecular flexibility index (Phi) is 8.01. The lowest BCUT2D eigenvalue weighted by Crippen LogP contribution is -2.47. The maximum absolute atomic E-state index is 12.6. The number of imide groups is 1. The van der Waals surface area contributed by atoms with Crippen LogP contribution in [0.1, 0.15) is 46.4 Å². The normalized spacial score (nSPS) is 18.3. The Morgan fingerprint density at radius 3 is 1.61 bits per heavy atom. The van der Waals surface area contributed by atoms with Crippen LogP contribution in [0.25, 0.3) is 0 Å². The van der Waals surface area contributed by atoms with Crippen molar-refractivity contribution in [3.8, 4) is 0 Å². The second kappa shape index (κ2) is 11.6. The lowest BCUT2D eigenvalue weighted by atomic mass is 10.0. The average Bonchev–Trinajstić information content (AvgIpc) is 3.19. The Labute approximate surface area is 230 Å². The molecular formula is C26H27Cl2N7O3. The third-order valence-electron chi connectivity index (χ3n) is 6.95. The van der Waals surface area contributed by atoms with E-state index in [2.05, 4.69) is 29.7 Å². The van der Waals surface area contributed by atoms with E-state index in [0.29, 0.717) is 47.4 Å². The number of aliphatic hydroxyl groups is 1. The molecule has 3 aromatic rings. The Morgan fingerprint density at radius 1 is 0.711 bits per heavy atom. The molecule has 0 saturated carbocycles. The molecule has 2 saturated heterocycles. The molecule has 3 aliphatic rings. The van der Waals surface area contributed by atoms with Gasteiger partial charge in [-0.15, -0.1) is 0 Å². The van der Waals surface area contributed by atoms with Gasteiger partial charge in [0, 0.05) is 32.2 Å². The van der Waals surface area contributed by atoms with Crippen molar-refractivity contribution >= 4 is 46.7 Å². The lowest BCUT2D eigenvalue weighted by Gasteiger charge is -2.36. The Morgan fingerprint density at radius 2 is 1.16 bits per heavy atom. The highest BCUT2D eigenvalue weighted by atomic mass is 35.5. The van der Waals surface area contributed by atoms with Gasteiger partial charge in [-0.05, 0) is 37.8 Å². The van der Waals surface area contributed by atoms with Gasteiger partial charge < -0.3 is 14.9 Å².